The number of furan rings is 1. The molecule has 1 atom stereocenters. The van der Waals surface area contributed by atoms with Crippen LogP contribution in [0.4, 0.5) is 0 Å². The highest BCUT2D eigenvalue weighted by Crippen LogP contribution is 2.34. The number of likely N-dealkylation sites (tertiary alicyclic amines) is 1. The number of nitrogens with zero attached hydrogens (tertiary/aromatic N) is 2. The topological polar surface area (TPSA) is 105 Å². The van der Waals surface area contributed by atoms with E-state index in [1.807, 2.05) is 30.3 Å². The summed E-state index contributed by atoms with van der Waals surface area (Å²) in [5, 5.41) is 5.87. The third-order valence-electron chi connectivity index (χ3n) is 5.13. The molecule has 1 aliphatic heterocycles. The molecule has 1 aliphatic rings. The predicted octanol–water partition coefficient (Wildman–Crippen LogP) is 2.54. The van der Waals surface area contributed by atoms with Gasteiger partial charge in [-0.15, -0.1) is 11.3 Å². The summed E-state index contributed by atoms with van der Waals surface area (Å²) < 4.78 is 5.43. The van der Waals surface area contributed by atoms with Gasteiger partial charge >= 0.3 is 0 Å². The van der Waals surface area contributed by atoms with Crippen molar-refractivity contribution in [1.82, 2.24) is 20.5 Å². The first-order valence-electron chi connectivity index (χ1n) is 9.98. The van der Waals surface area contributed by atoms with Crippen LogP contribution < -0.4 is 10.6 Å². The normalized spacial score (nSPS) is 15.6. The van der Waals surface area contributed by atoms with E-state index < -0.39 is 11.9 Å². The van der Waals surface area contributed by atoms with Crippen molar-refractivity contribution in [3.05, 3.63) is 53.6 Å². The molecule has 1 saturated heterocycles. The largest absolute Gasteiger partial charge is 0.462 e. The number of hydrogen-bond donors (Lipinski definition) is 2. The van der Waals surface area contributed by atoms with Crippen LogP contribution in [-0.2, 0) is 9.59 Å². The van der Waals surface area contributed by atoms with Gasteiger partial charge in [-0.3, -0.25) is 14.4 Å². The maximum Gasteiger partial charge on any atom is 0.264 e. The number of aromatic nitrogens is 1. The van der Waals surface area contributed by atoms with Crippen LogP contribution in [0.1, 0.15) is 22.5 Å². The number of hydrogen-bond acceptors (Lipinski definition) is 6. The zero-order chi connectivity index (χ0) is 21.8. The first-order chi connectivity index (χ1) is 15.1. The molecule has 31 heavy (non-hydrogen) atoms. The van der Waals surface area contributed by atoms with Crippen LogP contribution in [-0.4, -0.2) is 53.8 Å². The predicted molar refractivity (Wildman–Crippen MR) is 116 cm³/mol. The number of carbonyl (C=O) groups is 3. The molecule has 0 bridgehead atoms. The van der Waals surface area contributed by atoms with E-state index in [1.54, 1.807) is 25.4 Å². The second-order valence-corrected chi connectivity index (χ2v) is 8.08. The summed E-state index contributed by atoms with van der Waals surface area (Å²) >= 11 is 1.21. The lowest BCUT2D eigenvalue weighted by molar-refractivity contribution is -0.137. The van der Waals surface area contributed by atoms with Crippen molar-refractivity contribution < 1.29 is 18.8 Å². The zero-order valence-corrected chi connectivity index (χ0v) is 17.8. The Labute approximate surface area is 183 Å². The Bertz CT molecular complexity index is 1080. The summed E-state index contributed by atoms with van der Waals surface area (Å²) in [6.07, 6.45) is 2.94. The number of thiazole rings is 1. The van der Waals surface area contributed by atoms with Crippen molar-refractivity contribution in [2.24, 2.45) is 0 Å². The first kappa shape index (κ1) is 20.8. The Kier molecular flexibility index (Phi) is 6.13. The van der Waals surface area contributed by atoms with Crippen LogP contribution in [0, 0.1) is 0 Å². The molecular weight excluding hydrogens is 416 g/mol. The van der Waals surface area contributed by atoms with Gasteiger partial charge in [-0.1, -0.05) is 30.3 Å². The van der Waals surface area contributed by atoms with Gasteiger partial charge in [0.15, 0.2) is 10.8 Å². The molecule has 1 unspecified atom stereocenters. The van der Waals surface area contributed by atoms with E-state index in [-0.39, 0.29) is 18.4 Å². The molecule has 1 aromatic carbocycles. The molecule has 0 aliphatic carbocycles. The second kappa shape index (κ2) is 9.13. The lowest BCUT2D eigenvalue weighted by Gasteiger charge is -2.23. The Morgan fingerprint density at radius 2 is 2.00 bits per heavy atom. The molecule has 8 nitrogen and oxygen atoms in total. The minimum Gasteiger partial charge on any atom is -0.462 e. The molecule has 3 heterocycles. The minimum absolute atomic E-state index is 0.186. The number of rotatable bonds is 6. The quantitative estimate of drug-likeness (QED) is 0.615. The Balaban J connectivity index is 1.53. The molecule has 4 rings (SSSR count). The second-order valence-electron chi connectivity index (χ2n) is 7.08. The Morgan fingerprint density at radius 1 is 1.19 bits per heavy atom. The minimum atomic E-state index is -0.483. The van der Waals surface area contributed by atoms with E-state index in [0.717, 1.165) is 12.0 Å². The zero-order valence-electron chi connectivity index (χ0n) is 17.0. The monoisotopic (exact) mass is 438 g/mol. The van der Waals surface area contributed by atoms with Gasteiger partial charge in [-0.05, 0) is 25.0 Å². The van der Waals surface area contributed by atoms with Crippen molar-refractivity contribution in [3.63, 3.8) is 0 Å². The van der Waals surface area contributed by atoms with Crippen LogP contribution in [0.2, 0.25) is 0 Å². The highest BCUT2D eigenvalue weighted by Gasteiger charge is 2.33. The van der Waals surface area contributed by atoms with E-state index in [9.17, 15) is 14.4 Å². The average Bonchev–Trinajstić information content (AvgIpc) is 3.56. The fourth-order valence-corrected chi connectivity index (χ4v) is 4.59. The van der Waals surface area contributed by atoms with Crippen molar-refractivity contribution in [3.8, 4) is 22.0 Å². The molecule has 2 aromatic heterocycles. The number of amides is 3. The molecule has 9 heteroatoms. The Morgan fingerprint density at radius 3 is 2.71 bits per heavy atom. The third kappa shape index (κ3) is 4.36. The van der Waals surface area contributed by atoms with Gasteiger partial charge in [0.05, 0.1) is 18.5 Å². The molecular formula is C22H22N4O4S. The lowest BCUT2D eigenvalue weighted by atomic mass is 10.1. The van der Waals surface area contributed by atoms with Crippen LogP contribution in [0.5, 0.6) is 0 Å². The maximum atomic E-state index is 13.0. The van der Waals surface area contributed by atoms with Crippen molar-refractivity contribution in [2.45, 2.75) is 18.9 Å². The van der Waals surface area contributed by atoms with Crippen molar-refractivity contribution in [2.75, 3.05) is 20.1 Å². The molecule has 0 saturated carbocycles. The van der Waals surface area contributed by atoms with Gasteiger partial charge < -0.3 is 20.0 Å². The fourth-order valence-electron chi connectivity index (χ4n) is 3.61. The molecule has 0 spiro atoms. The number of carbonyl (C=O) groups excluding carboxylic acids is 3. The smallest absolute Gasteiger partial charge is 0.264 e. The maximum absolute atomic E-state index is 13.0. The van der Waals surface area contributed by atoms with Gasteiger partial charge in [0.2, 0.25) is 11.8 Å². The standard InChI is InChI=1S/C22H22N4O4S/c1-23-20(28)15-9-5-11-26(15)17(27)13-24-21(29)19-18(14-7-3-2-4-8-14)25-22(31-19)16-10-6-12-30-16/h2-4,6-8,10,12,15H,5,9,11,13H2,1H3,(H,23,28)(H,24,29). The summed E-state index contributed by atoms with van der Waals surface area (Å²) in [5.41, 5.74) is 1.33. The fraction of sp³-hybridized carbons (Fsp3) is 0.273. The van der Waals surface area contributed by atoms with Crippen LogP contribution >= 0.6 is 11.3 Å². The van der Waals surface area contributed by atoms with Gasteiger partial charge in [0.1, 0.15) is 10.9 Å². The van der Waals surface area contributed by atoms with Crippen molar-refractivity contribution in [1.29, 1.82) is 0 Å². The molecule has 1 fully saturated rings. The van der Waals surface area contributed by atoms with E-state index in [2.05, 4.69) is 15.6 Å². The molecule has 0 radical (unpaired) electrons. The average molecular weight is 439 g/mol. The van der Waals surface area contributed by atoms with Crippen molar-refractivity contribution >= 4 is 29.1 Å². The molecule has 2 N–H and O–H groups in total. The first-order valence-corrected chi connectivity index (χ1v) is 10.8. The molecule has 3 aromatic rings. The lowest BCUT2D eigenvalue weighted by Crippen LogP contribution is -2.48. The molecule has 3 amide bonds. The summed E-state index contributed by atoms with van der Waals surface area (Å²) in [6.45, 7) is 0.319. The Hall–Kier alpha value is -3.46. The van der Waals surface area contributed by atoms with E-state index in [4.69, 9.17) is 4.42 Å². The number of nitrogens with one attached hydrogen (secondary N) is 2. The molecule has 160 valence electrons. The SMILES string of the molecule is CNC(=O)C1CCCN1C(=O)CNC(=O)c1sc(-c2ccco2)nc1-c1ccccc1. The highest BCUT2D eigenvalue weighted by molar-refractivity contribution is 7.17. The van der Waals surface area contributed by atoms with Gasteiger partial charge in [-0.2, -0.15) is 0 Å². The van der Waals surface area contributed by atoms with Crippen LogP contribution in [0.15, 0.2) is 53.1 Å². The number of benzene rings is 1. The van der Waals surface area contributed by atoms with Gasteiger partial charge in [0, 0.05) is 19.2 Å². The van der Waals surface area contributed by atoms with Crippen LogP contribution in [0.25, 0.3) is 22.0 Å². The highest BCUT2D eigenvalue weighted by atomic mass is 32.1. The summed E-state index contributed by atoms with van der Waals surface area (Å²) in [5.74, 6) is -0.286. The summed E-state index contributed by atoms with van der Waals surface area (Å²) in [4.78, 5) is 44.2. The van der Waals surface area contributed by atoms with E-state index in [0.29, 0.717) is 34.3 Å². The van der Waals surface area contributed by atoms with E-state index >= 15 is 0 Å². The summed E-state index contributed by atoms with van der Waals surface area (Å²) in [7, 11) is 1.55. The van der Waals surface area contributed by atoms with Crippen LogP contribution in [0.3, 0.4) is 0 Å². The van der Waals surface area contributed by atoms with E-state index in [1.165, 1.54) is 16.2 Å². The van der Waals surface area contributed by atoms with Gasteiger partial charge in [0.25, 0.3) is 5.91 Å². The number of likely N-dealkylation sites (N-methyl/N-ethyl adjacent to an activating group) is 1. The van der Waals surface area contributed by atoms with Gasteiger partial charge in [-0.25, -0.2) is 4.98 Å². The summed E-state index contributed by atoms with van der Waals surface area (Å²) in [6, 6.07) is 12.4. The third-order valence-corrected chi connectivity index (χ3v) is 6.20.